The van der Waals surface area contributed by atoms with Gasteiger partial charge in [-0.2, -0.15) is 0 Å². The minimum atomic E-state index is 1.27. The second kappa shape index (κ2) is 24.7. The van der Waals surface area contributed by atoms with Crippen LogP contribution in [0.2, 0.25) is 0 Å². The molecule has 0 bridgehead atoms. The average molecular weight is 417 g/mol. The molecule has 0 spiro atoms. The van der Waals surface area contributed by atoms with Gasteiger partial charge in [-0.25, -0.2) is 0 Å². The van der Waals surface area contributed by atoms with Gasteiger partial charge in [0.2, 0.25) is 0 Å². The van der Waals surface area contributed by atoms with Gasteiger partial charge in [-0.1, -0.05) is 166 Å². The van der Waals surface area contributed by atoms with Gasteiger partial charge in [0.15, 0.2) is 0 Å². The number of hydrogen-bond acceptors (Lipinski definition) is 0. The standard InChI is InChI=1S/C30H56/c1-2-4-6-8-10-12-14-16-18-20-22-24-26-28-30-29-27-25-23-21-19-17-15-13-11-9-7-5-3-1/h1-4H,5-30H2/b3-1+,4-2?. The van der Waals surface area contributed by atoms with Crippen molar-refractivity contribution < 1.29 is 0 Å². The highest BCUT2D eigenvalue weighted by Crippen LogP contribution is 2.16. The van der Waals surface area contributed by atoms with E-state index < -0.39 is 0 Å². The van der Waals surface area contributed by atoms with E-state index in [9.17, 15) is 0 Å². The van der Waals surface area contributed by atoms with Gasteiger partial charge in [0.25, 0.3) is 0 Å². The largest absolute Gasteiger partial charge is 0.0845 e. The lowest BCUT2D eigenvalue weighted by molar-refractivity contribution is 0.516. The van der Waals surface area contributed by atoms with Gasteiger partial charge in [-0.15, -0.1) is 0 Å². The van der Waals surface area contributed by atoms with Crippen LogP contribution in [-0.4, -0.2) is 0 Å². The summed E-state index contributed by atoms with van der Waals surface area (Å²) in [5.74, 6) is 0. The molecule has 0 atom stereocenters. The zero-order valence-corrected chi connectivity index (χ0v) is 20.7. The first-order valence-electron chi connectivity index (χ1n) is 14.3. The Labute approximate surface area is 191 Å². The third-order valence-corrected chi connectivity index (χ3v) is 6.87. The number of allylic oxidation sites excluding steroid dienone is 4. The average Bonchev–Trinajstić information content (AvgIpc) is 2.76. The predicted molar refractivity (Wildman–Crippen MR) is 138 cm³/mol. The first-order chi connectivity index (χ1) is 15.0. The van der Waals surface area contributed by atoms with Gasteiger partial charge in [0, 0.05) is 0 Å². The van der Waals surface area contributed by atoms with E-state index in [2.05, 4.69) is 24.3 Å². The fourth-order valence-corrected chi connectivity index (χ4v) is 4.76. The van der Waals surface area contributed by atoms with Crippen molar-refractivity contribution >= 4 is 0 Å². The fraction of sp³-hybridized carbons (Fsp3) is 0.867. The van der Waals surface area contributed by atoms with Gasteiger partial charge in [-0.3, -0.25) is 0 Å². The summed E-state index contributed by atoms with van der Waals surface area (Å²) >= 11 is 0. The van der Waals surface area contributed by atoms with Crippen molar-refractivity contribution in [2.45, 2.75) is 167 Å². The van der Waals surface area contributed by atoms with E-state index in [-0.39, 0.29) is 0 Å². The van der Waals surface area contributed by atoms with E-state index in [1.807, 2.05) is 0 Å². The van der Waals surface area contributed by atoms with Crippen molar-refractivity contribution in [1.29, 1.82) is 0 Å². The van der Waals surface area contributed by atoms with Crippen molar-refractivity contribution in [2.75, 3.05) is 0 Å². The molecule has 0 N–H and O–H groups in total. The summed E-state index contributed by atoms with van der Waals surface area (Å²) in [6, 6.07) is 0. The van der Waals surface area contributed by atoms with Crippen LogP contribution in [0.5, 0.6) is 0 Å². The Morgan fingerprint density at radius 2 is 0.367 bits per heavy atom. The molecule has 0 aromatic heterocycles. The summed E-state index contributed by atoms with van der Waals surface area (Å²) in [6.45, 7) is 0. The minimum Gasteiger partial charge on any atom is -0.0845 e. The third kappa shape index (κ3) is 22.2. The molecule has 0 saturated heterocycles. The van der Waals surface area contributed by atoms with E-state index in [0.29, 0.717) is 0 Å². The molecule has 1 aliphatic rings. The Morgan fingerprint density at radius 3 is 0.567 bits per heavy atom. The van der Waals surface area contributed by atoms with Gasteiger partial charge in [0.1, 0.15) is 0 Å². The molecule has 0 nitrogen and oxygen atoms in total. The lowest BCUT2D eigenvalue weighted by Gasteiger charge is -2.04. The molecular weight excluding hydrogens is 360 g/mol. The van der Waals surface area contributed by atoms with Gasteiger partial charge in [0.05, 0.1) is 0 Å². The zero-order valence-electron chi connectivity index (χ0n) is 20.7. The van der Waals surface area contributed by atoms with Crippen LogP contribution in [0.15, 0.2) is 24.3 Å². The van der Waals surface area contributed by atoms with Gasteiger partial charge < -0.3 is 0 Å². The quantitative estimate of drug-likeness (QED) is 0.368. The van der Waals surface area contributed by atoms with Crippen LogP contribution in [0.4, 0.5) is 0 Å². The van der Waals surface area contributed by atoms with Crippen molar-refractivity contribution in [1.82, 2.24) is 0 Å². The molecule has 0 heterocycles. The Bertz CT molecular complexity index is 328. The summed E-state index contributed by atoms with van der Waals surface area (Å²) < 4.78 is 0. The molecule has 0 radical (unpaired) electrons. The molecule has 0 aromatic rings. The summed E-state index contributed by atoms with van der Waals surface area (Å²) in [5.41, 5.74) is 0. The minimum absolute atomic E-state index is 1.27. The van der Waals surface area contributed by atoms with Crippen molar-refractivity contribution in [3.05, 3.63) is 24.3 Å². The molecule has 0 aromatic carbocycles. The Kier molecular flexibility index (Phi) is 22.7. The maximum Gasteiger partial charge on any atom is -0.0348 e. The first-order valence-corrected chi connectivity index (χ1v) is 14.3. The van der Waals surface area contributed by atoms with Crippen LogP contribution < -0.4 is 0 Å². The van der Waals surface area contributed by atoms with Gasteiger partial charge >= 0.3 is 0 Å². The summed E-state index contributed by atoms with van der Waals surface area (Å²) in [6.07, 6.45) is 47.0. The van der Waals surface area contributed by atoms with E-state index in [1.54, 1.807) is 0 Å². The highest BCUT2D eigenvalue weighted by Gasteiger charge is 1.96. The molecule has 0 saturated carbocycles. The Morgan fingerprint density at radius 1 is 0.200 bits per heavy atom. The van der Waals surface area contributed by atoms with E-state index >= 15 is 0 Å². The molecule has 0 fully saturated rings. The molecular formula is C30H56. The number of rotatable bonds is 0. The molecule has 0 unspecified atom stereocenters. The molecule has 1 aliphatic carbocycles. The third-order valence-electron chi connectivity index (χ3n) is 6.87. The van der Waals surface area contributed by atoms with Crippen LogP contribution in [0.25, 0.3) is 0 Å². The molecule has 176 valence electrons. The fourth-order valence-electron chi connectivity index (χ4n) is 4.76. The monoisotopic (exact) mass is 416 g/mol. The molecule has 1 rings (SSSR count). The summed E-state index contributed by atoms with van der Waals surface area (Å²) in [7, 11) is 0. The summed E-state index contributed by atoms with van der Waals surface area (Å²) in [5, 5.41) is 0. The molecule has 30 heavy (non-hydrogen) atoms. The van der Waals surface area contributed by atoms with Crippen LogP contribution in [0.3, 0.4) is 0 Å². The Hall–Kier alpha value is -0.520. The van der Waals surface area contributed by atoms with E-state index in [4.69, 9.17) is 0 Å². The highest BCUT2D eigenvalue weighted by molar-refractivity contribution is 5.02. The van der Waals surface area contributed by atoms with Crippen molar-refractivity contribution in [3.63, 3.8) is 0 Å². The van der Waals surface area contributed by atoms with E-state index in [0.717, 1.165) is 0 Å². The van der Waals surface area contributed by atoms with Crippen LogP contribution >= 0.6 is 0 Å². The second-order valence-corrected chi connectivity index (χ2v) is 9.92. The number of hydrogen-bond donors (Lipinski definition) is 0. The SMILES string of the molecule is C1=CCCCCCCCCCCCCCCCCCCCCCCCCCC/C=C/1. The first kappa shape index (κ1) is 27.5. The maximum absolute atomic E-state index is 2.37. The topological polar surface area (TPSA) is 0 Å². The smallest absolute Gasteiger partial charge is 0.0348 e. The lowest BCUT2D eigenvalue weighted by Crippen LogP contribution is -1.84. The highest BCUT2D eigenvalue weighted by atomic mass is 14.0. The Balaban J connectivity index is 2.07. The van der Waals surface area contributed by atoms with E-state index in [1.165, 1.54) is 167 Å². The molecule has 0 aliphatic heterocycles. The molecule has 0 heteroatoms. The maximum atomic E-state index is 2.37. The predicted octanol–water partition coefficient (Wildman–Crippen LogP) is 11.3. The summed E-state index contributed by atoms with van der Waals surface area (Å²) in [4.78, 5) is 0. The van der Waals surface area contributed by atoms with Crippen molar-refractivity contribution in [2.24, 2.45) is 0 Å². The van der Waals surface area contributed by atoms with Crippen LogP contribution in [0.1, 0.15) is 167 Å². The van der Waals surface area contributed by atoms with Gasteiger partial charge in [-0.05, 0) is 25.7 Å². The second-order valence-electron chi connectivity index (χ2n) is 9.92. The zero-order chi connectivity index (χ0) is 21.2. The van der Waals surface area contributed by atoms with Crippen LogP contribution in [-0.2, 0) is 0 Å². The normalized spacial score (nSPS) is 24.0. The van der Waals surface area contributed by atoms with Crippen molar-refractivity contribution in [3.8, 4) is 0 Å². The lowest BCUT2D eigenvalue weighted by atomic mass is 10.0. The molecule has 0 amide bonds. The van der Waals surface area contributed by atoms with Crippen LogP contribution in [0, 0.1) is 0 Å².